The molecule has 10 heteroatoms. The normalized spacial score (nSPS) is 13.4. The highest BCUT2D eigenvalue weighted by molar-refractivity contribution is 6.08. The number of hydrogen-bond donors (Lipinski definition) is 3. The van der Waals surface area contributed by atoms with E-state index in [4.69, 9.17) is 9.47 Å². The van der Waals surface area contributed by atoms with E-state index in [2.05, 4.69) is 22.6 Å². The molecule has 43 heavy (non-hydrogen) atoms. The van der Waals surface area contributed by atoms with Crippen LogP contribution in [0.5, 0.6) is 11.5 Å². The second-order valence-electron chi connectivity index (χ2n) is 10.6. The van der Waals surface area contributed by atoms with Crippen molar-refractivity contribution in [3.8, 4) is 11.5 Å². The van der Waals surface area contributed by atoms with Crippen LogP contribution >= 0.6 is 0 Å². The van der Waals surface area contributed by atoms with Crippen LogP contribution in [0.4, 0.5) is 11.4 Å². The van der Waals surface area contributed by atoms with Gasteiger partial charge in [0.2, 0.25) is 5.91 Å². The summed E-state index contributed by atoms with van der Waals surface area (Å²) in [6, 6.07) is 18.4. The molecule has 1 fully saturated rings. The molecule has 228 valence electrons. The number of benzene rings is 3. The van der Waals surface area contributed by atoms with Crippen LogP contribution < -0.4 is 15.4 Å². The molecule has 1 saturated heterocycles. The molecule has 0 spiro atoms. The fourth-order valence-corrected chi connectivity index (χ4v) is 4.83. The van der Waals surface area contributed by atoms with Crippen LogP contribution in [0, 0.1) is 0 Å². The summed E-state index contributed by atoms with van der Waals surface area (Å²) in [5.41, 5.74) is 2.15. The van der Waals surface area contributed by atoms with Crippen molar-refractivity contribution in [1.29, 1.82) is 0 Å². The lowest BCUT2D eigenvalue weighted by atomic mass is 10.1. The summed E-state index contributed by atoms with van der Waals surface area (Å²) < 4.78 is 11.3. The number of likely N-dealkylation sites (N-methyl/N-ethyl adjacent to an activating group) is 1. The lowest BCUT2D eigenvalue weighted by Crippen LogP contribution is -2.47. The maximum Gasteiger partial charge on any atom is 0.259 e. The van der Waals surface area contributed by atoms with E-state index < -0.39 is 5.91 Å². The molecule has 0 radical (unpaired) electrons. The van der Waals surface area contributed by atoms with E-state index in [9.17, 15) is 19.5 Å². The minimum atomic E-state index is -0.472. The number of methoxy groups -OCH3 is 1. The van der Waals surface area contributed by atoms with E-state index >= 15 is 0 Å². The summed E-state index contributed by atoms with van der Waals surface area (Å²) in [5, 5.41) is 15.7. The van der Waals surface area contributed by atoms with Gasteiger partial charge in [-0.05, 0) is 68.8 Å². The van der Waals surface area contributed by atoms with Crippen molar-refractivity contribution in [2.45, 2.75) is 32.3 Å². The van der Waals surface area contributed by atoms with Crippen LogP contribution in [0.1, 0.15) is 52.0 Å². The number of phenolic OH excluding ortho intramolecular Hbond substituents is 1. The Bertz CT molecular complexity index is 1400. The molecular weight excluding hydrogens is 548 g/mol. The topological polar surface area (TPSA) is 120 Å². The number of carbonyl (C=O) groups is 3. The smallest absolute Gasteiger partial charge is 0.259 e. The maximum atomic E-state index is 13.2. The molecule has 3 aromatic rings. The molecule has 0 bridgehead atoms. The van der Waals surface area contributed by atoms with Gasteiger partial charge in [0.05, 0.1) is 24.5 Å². The van der Waals surface area contributed by atoms with Crippen LogP contribution in [-0.4, -0.2) is 79.6 Å². The Morgan fingerprint density at radius 2 is 1.56 bits per heavy atom. The number of piperazine rings is 1. The van der Waals surface area contributed by atoms with E-state index in [0.717, 1.165) is 45.4 Å². The highest BCUT2D eigenvalue weighted by atomic mass is 16.5. The van der Waals surface area contributed by atoms with Crippen LogP contribution in [0.25, 0.3) is 0 Å². The molecule has 0 unspecified atom stereocenters. The Labute approximate surface area is 252 Å². The molecule has 0 aromatic heterocycles. The van der Waals surface area contributed by atoms with E-state index in [1.54, 1.807) is 42.5 Å². The van der Waals surface area contributed by atoms with Crippen molar-refractivity contribution in [2.75, 3.05) is 57.6 Å². The number of unbranched alkanes of at least 4 members (excludes halogenated alkanes) is 2. The van der Waals surface area contributed by atoms with E-state index in [1.165, 1.54) is 19.2 Å². The number of para-hydroxylation sites is 3. The molecule has 0 atom stereocenters. The molecule has 0 saturated carbocycles. The summed E-state index contributed by atoms with van der Waals surface area (Å²) >= 11 is 0. The molecule has 1 heterocycles. The van der Waals surface area contributed by atoms with Gasteiger partial charge < -0.3 is 35.0 Å². The van der Waals surface area contributed by atoms with Crippen molar-refractivity contribution in [2.24, 2.45) is 0 Å². The molecule has 3 aromatic carbocycles. The quantitative estimate of drug-likeness (QED) is 0.246. The number of anilines is 2. The SMILES string of the molecule is COCc1cc(C(=O)Nc2ccccc2OCCCCCC(=O)N2CCN(C)CC2)ccc1NC(=O)c1ccccc1O. The number of nitrogens with zero attached hydrogens (tertiary/aromatic N) is 2. The third kappa shape index (κ3) is 9.04. The van der Waals surface area contributed by atoms with E-state index in [0.29, 0.717) is 41.3 Å². The number of aromatic hydroxyl groups is 1. The maximum absolute atomic E-state index is 13.2. The molecular formula is C33H40N4O6. The molecule has 4 rings (SSSR count). The van der Waals surface area contributed by atoms with Gasteiger partial charge in [-0.25, -0.2) is 0 Å². The molecule has 3 amide bonds. The number of ether oxygens (including phenoxy) is 2. The third-order valence-corrected chi connectivity index (χ3v) is 7.35. The van der Waals surface area contributed by atoms with Gasteiger partial charge in [-0.2, -0.15) is 0 Å². The largest absolute Gasteiger partial charge is 0.507 e. The lowest BCUT2D eigenvalue weighted by molar-refractivity contribution is -0.132. The van der Waals surface area contributed by atoms with E-state index in [-0.39, 0.29) is 29.7 Å². The number of phenols is 1. The van der Waals surface area contributed by atoms with Crippen LogP contribution in [-0.2, 0) is 16.1 Å². The first-order chi connectivity index (χ1) is 20.9. The zero-order chi connectivity index (χ0) is 30.6. The standard InChI is InChI=1S/C33H40N4O6/c1-36-17-19-37(20-18-36)31(39)14-4-3-9-21-43-30-13-8-6-11-28(30)35-32(40)24-15-16-27(25(22-24)23-42-2)34-33(41)26-10-5-7-12-29(26)38/h5-8,10-13,15-16,22,38H,3-4,9,14,17-21,23H2,1-2H3,(H,34,41)(H,35,40). The molecule has 3 N–H and O–H groups in total. The zero-order valence-electron chi connectivity index (χ0n) is 24.8. The number of amides is 3. The van der Waals surface area contributed by atoms with Gasteiger partial charge in [-0.3, -0.25) is 14.4 Å². The molecule has 10 nitrogen and oxygen atoms in total. The van der Waals surface area contributed by atoms with Gasteiger partial charge in [0, 0.05) is 56.5 Å². The van der Waals surface area contributed by atoms with Gasteiger partial charge in [0.25, 0.3) is 11.8 Å². The fraction of sp³-hybridized carbons (Fsp3) is 0.364. The van der Waals surface area contributed by atoms with Crippen molar-refractivity contribution in [1.82, 2.24) is 9.80 Å². The van der Waals surface area contributed by atoms with Gasteiger partial charge in [0.1, 0.15) is 11.5 Å². The van der Waals surface area contributed by atoms with Crippen LogP contribution in [0.2, 0.25) is 0 Å². The number of nitrogens with one attached hydrogen (secondary N) is 2. The highest BCUT2D eigenvalue weighted by Crippen LogP contribution is 2.26. The predicted molar refractivity (Wildman–Crippen MR) is 166 cm³/mol. The Morgan fingerprint density at radius 1 is 0.837 bits per heavy atom. The minimum Gasteiger partial charge on any atom is -0.507 e. The molecule has 0 aliphatic carbocycles. The molecule has 1 aliphatic heterocycles. The second kappa shape index (κ2) is 15.7. The summed E-state index contributed by atoms with van der Waals surface area (Å²) in [4.78, 5) is 42.5. The van der Waals surface area contributed by atoms with Gasteiger partial charge in [-0.1, -0.05) is 24.3 Å². The zero-order valence-corrected chi connectivity index (χ0v) is 24.8. The first-order valence-corrected chi connectivity index (χ1v) is 14.6. The van der Waals surface area contributed by atoms with Gasteiger partial charge in [0.15, 0.2) is 0 Å². The average Bonchev–Trinajstić information content (AvgIpc) is 3.01. The number of hydrogen-bond acceptors (Lipinski definition) is 7. The third-order valence-electron chi connectivity index (χ3n) is 7.35. The Kier molecular flexibility index (Phi) is 11.5. The van der Waals surface area contributed by atoms with Crippen molar-refractivity contribution < 1.29 is 29.0 Å². The summed E-state index contributed by atoms with van der Waals surface area (Å²) in [6.45, 7) is 4.09. The predicted octanol–water partition coefficient (Wildman–Crippen LogP) is 4.76. The summed E-state index contributed by atoms with van der Waals surface area (Å²) in [7, 11) is 3.60. The van der Waals surface area contributed by atoms with Crippen molar-refractivity contribution in [3.05, 3.63) is 83.4 Å². The van der Waals surface area contributed by atoms with Crippen LogP contribution in [0.3, 0.4) is 0 Å². The van der Waals surface area contributed by atoms with Gasteiger partial charge in [-0.15, -0.1) is 0 Å². The first-order valence-electron chi connectivity index (χ1n) is 14.6. The van der Waals surface area contributed by atoms with E-state index in [1.807, 2.05) is 17.0 Å². The first kappa shape index (κ1) is 31.5. The Balaban J connectivity index is 1.29. The summed E-state index contributed by atoms with van der Waals surface area (Å²) in [5.74, 6) is -0.147. The minimum absolute atomic E-state index is 0.124. The summed E-state index contributed by atoms with van der Waals surface area (Å²) in [6.07, 6.45) is 3.05. The number of rotatable bonds is 13. The van der Waals surface area contributed by atoms with Crippen molar-refractivity contribution >= 4 is 29.1 Å². The van der Waals surface area contributed by atoms with Gasteiger partial charge >= 0.3 is 0 Å². The lowest BCUT2D eigenvalue weighted by Gasteiger charge is -2.32. The second-order valence-corrected chi connectivity index (χ2v) is 10.6. The Hall–Kier alpha value is -4.41. The monoisotopic (exact) mass is 588 g/mol. The van der Waals surface area contributed by atoms with Crippen molar-refractivity contribution in [3.63, 3.8) is 0 Å². The number of carbonyl (C=O) groups excluding carboxylic acids is 3. The Morgan fingerprint density at radius 3 is 2.33 bits per heavy atom. The highest BCUT2D eigenvalue weighted by Gasteiger charge is 2.19. The van der Waals surface area contributed by atoms with Crippen LogP contribution in [0.15, 0.2) is 66.7 Å². The average molecular weight is 589 g/mol. The fourth-order valence-electron chi connectivity index (χ4n) is 4.83. The molecule has 1 aliphatic rings.